The molecule has 0 aromatic carbocycles. The Bertz CT molecular complexity index is 433. The number of aromatic amines is 1. The van der Waals surface area contributed by atoms with E-state index >= 15 is 0 Å². The van der Waals surface area contributed by atoms with Crippen molar-refractivity contribution in [3.63, 3.8) is 0 Å². The molecule has 0 atom stereocenters. The van der Waals surface area contributed by atoms with E-state index in [4.69, 9.17) is 5.73 Å². The van der Waals surface area contributed by atoms with Crippen LogP contribution in [0.5, 0.6) is 0 Å². The van der Waals surface area contributed by atoms with Crippen LogP contribution in [0.4, 0.5) is 0 Å². The molecule has 1 rings (SSSR count). The van der Waals surface area contributed by atoms with Crippen LogP contribution in [0.25, 0.3) is 0 Å². The van der Waals surface area contributed by atoms with E-state index in [2.05, 4.69) is 4.98 Å². The molecule has 0 unspecified atom stereocenters. The lowest BCUT2D eigenvalue weighted by Crippen LogP contribution is -2.10. The molecule has 0 aliphatic heterocycles. The van der Waals surface area contributed by atoms with E-state index in [1.165, 1.54) is 6.07 Å². The molecule has 3 N–H and O–H groups in total. The molecule has 0 spiro atoms. The molecule has 5 nitrogen and oxygen atoms in total. The number of amides is 1. The minimum atomic E-state index is -3.19. The number of H-pyrrole nitrogens is 1. The summed E-state index contributed by atoms with van der Waals surface area (Å²) in [5, 5.41) is 0.164. The van der Waals surface area contributed by atoms with Gasteiger partial charge in [0.25, 0.3) is 0 Å². The van der Waals surface area contributed by atoms with E-state index in [9.17, 15) is 13.2 Å². The van der Waals surface area contributed by atoms with E-state index < -0.39 is 15.7 Å². The van der Waals surface area contributed by atoms with Gasteiger partial charge in [-0.1, -0.05) is 0 Å². The maximum Gasteiger partial charge on any atom is 0.217 e. The molecule has 0 saturated heterocycles. The van der Waals surface area contributed by atoms with Crippen LogP contribution in [0.2, 0.25) is 0 Å². The number of nitrogens with two attached hydrogens (primary N) is 1. The Morgan fingerprint density at radius 2 is 2.21 bits per heavy atom. The van der Waals surface area contributed by atoms with E-state index in [-0.39, 0.29) is 11.4 Å². The van der Waals surface area contributed by atoms with Crippen LogP contribution in [-0.4, -0.2) is 25.6 Å². The molecule has 1 amide bonds. The molecule has 0 fully saturated rings. The number of carbonyl (C=O) groups excluding carboxylic acids is 1. The van der Waals surface area contributed by atoms with Gasteiger partial charge in [0.1, 0.15) is 5.03 Å². The summed E-state index contributed by atoms with van der Waals surface area (Å²) in [7, 11) is -3.19. The van der Waals surface area contributed by atoms with E-state index in [0.29, 0.717) is 6.42 Å². The third kappa shape index (κ3) is 2.88. The van der Waals surface area contributed by atoms with Crippen LogP contribution in [-0.2, 0) is 21.1 Å². The van der Waals surface area contributed by atoms with Crippen molar-refractivity contribution >= 4 is 15.7 Å². The predicted molar refractivity (Wildman–Crippen MR) is 51.4 cm³/mol. The number of primary amides is 1. The molecule has 14 heavy (non-hydrogen) atoms. The van der Waals surface area contributed by atoms with Gasteiger partial charge in [-0.2, -0.15) is 0 Å². The van der Waals surface area contributed by atoms with Crippen molar-refractivity contribution in [2.75, 3.05) is 6.26 Å². The Morgan fingerprint density at radius 3 is 2.64 bits per heavy atom. The number of aryl methyl sites for hydroxylation is 1. The monoisotopic (exact) mass is 216 g/mol. The summed E-state index contributed by atoms with van der Waals surface area (Å²) in [6.07, 6.45) is 3.37. The predicted octanol–water partition coefficient (Wildman–Crippen LogP) is -0.164. The molecule has 1 heterocycles. The molecule has 6 heteroatoms. The van der Waals surface area contributed by atoms with Gasteiger partial charge in [-0.15, -0.1) is 0 Å². The number of hydrogen-bond acceptors (Lipinski definition) is 3. The van der Waals surface area contributed by atoms with E-state index in [0.717, 1.165) is 11.8 Å². The second kappa shape index (κ2) is 3.83. The van der Waals surface area contributed by atoms with Gasteiger partial charge in [-0.25, -0.2) is 8.42 Å². The number of nitrogens with one attached hydrogen (secondary N) is 1. The molecule has 1 aromatic rings. The fourth-order valence-electron chi connectivity index (χ4n) is 1.04. The first-order valence-corrected chi connectivity index (χ1v) is 5.94. The molecular weight excluding hydrogens is 204 g/mol. The van der Waals surface area contributed by atoms with Crippen LogP contribution >= 0.6 is 0 Å². The summed E-state index contributed by atoms with van der Waals surface area (Å²) in [4.78, 5) is 13.1. The minimum absolute atomic E-state index is 0.164. The Kier molecular flexibility index (Phi) is 2.95. The number of aromatic nitrogens is 1. The Labute approximate surface area is 82.2 Å². The second-order valence-electron chi connectivity index (χ2n) is 3.11. The van der Waals surface area contributed by atoms with Crippen LogP contribution in [0.1, 0.15) is 12.0 Å². The van der Waals surface area contributed by atoms with Crippen LogP contribution < -0.4 is 5.73 Å². The quantitative estimate of drug-likeness (QED) is 0.732. The smallest absolute Gasteiger partial charge is 0.217 e. The van der Waals surface area contributed by atoms with Crippen molar-refractivity contribution in [3.8, 4) is 0 Å². The summed E-state index contributed by atoms with van der Waals surface area (Å²) >= 11 is 0. The fraction of sp³-hybridized carbons (Fsp3) is 0.375. The van der Waals surface area contributed by atoms with Crippen molar-refractivity contribution in [3.05, 3.63) is 17.8 Å². The number of hydrogen-bond donors (Lipinski definition) is 2. The van der Waals surface area contributed by atoms with Crippen LogP contribution in [0.15, 0.2) is 17.3 Å². The van der Waals surface area contributed by atoms with Crippen LogP contribution in [0, 0.1) is 0 Å². The zero-order chi connectivity index (χ0) is 10.8. The Balaban J connectivity index is 2.74. The van der Waals surface area contributed by atoms with Gasteiger partial charge < -0.3 is 10.7 Å². The highest BCUT2D eigenvalue weighted by Crippen LogP contribution is 2.10. The number of sulfone groups is 1. The molecule has 0 aliphatic carbocycles. The highest BCUT2D eigenvalue weighted by Gasteiger charge is 2.09. The maximum absolute atomic E-state index is 11.1. The topological polar surface area (TPSA) is 93.0 Å². The lowest BCUT2D eigenvalue weighted by atomic mass is 10.2. The molecule has 0 radical (unpaired) electrons. The minimum Gasteiger partial charge on any atom is -0.370 e. The average molecular weight is 216 g/mol. The first kappa shape index (κ1) is 10.8. The van der Waals surface area contributed by atoms with Crippen molar-refractivity contribution < 1.29 is 13.2 Å². The summed E-state index contributed by atoms with van der Waals surface area (Å²) < 4.78 is 22.1. The first-order chi connectivity index (χ1) is 6.39. The zero-order valence-corrected chi connectivity index (χ0v) is 8.60. The van der Waals surface area contributed by atoms with Crippen molar-refractivity contribution in [1.82, 2.24) is 4.98 Å². The van der Waals surface area contributed by atoms with Gasteiger partial charge >= 0.3 is 0 Å². The van der Waals surface area contributed by atoms with Crippen LogP contribution in [0.3, 0.4) is 0 Å². The van der Waals surface area contributed by atoms with Gasteiger partial charge in [0, 0.05) is 18.9 Å². The van der Waals surface area contributed by atoms with Gasteiger partial charge in [-0.05, 0) is 18.1 Å². The third-order valence-electron chi connectivity index (χ3n) is 1.78. The normalized spacial score (nSPS) is 11.5. The first-order valence-electron chi connectivity index (χ1n) is 4.05. The summed E-state index contributed by atoms with van der Waals surface area (Å²) in [6.45, 7) is 0. The SMILES string of the molecule is CS(=O)(=O)c1cc(CCC(N)=O)c[nH]1. The largest absolute Gasteiger partial charge is 0.370 e. The Morgan fingerprint density at radius 1 is 1.57 bits per heavy atom. The standard InChI is InChI=1S/C8H12N2O3S/c1-14(12,13)8-4-6(5-10-8)2-3-7(9)11/h4-5,10H,2-3H2,1H3,(H2,9,11). The molecule has 1 aromatic heterocycles. The summed E-state index contributed by atoms with van der Waals surface area (Å²) in [5.41, 5.74) is 5.73. The fourth-order valence-corrected chi connectivity index (χ4v) is 1.68. The average Bonchev–Trinajstić information content (AvgIpc) is 2.47. The zero-order valence-electron chi connectivity index (χ0n) is 7.78. The van der Waals surface area contributed by atoms with Gasteiger partial charge in [0.15, 0.2) is 9.84 Å². The molecule has 0 aliphatic rings. The Hall–Kier alpha value is -1.30. The highest BCUT2D eigenvalue weighted by molar-refractivity contribution is 7.90. The number of carbonyl (C=O) groups is 1. The summed E-state index contributed by atoms with van der Waals surface area (Å²) in [5.74, 6) is -0.396. The summed E-state index contributed by atoms with van der Waals surface area (Å²) in [6, 6.07) is 1.51. The molecule has 0 saturated carbocycles. The van der Waals surface area contributed by atoms with Crippen molar-refractivity contribution in [2.24, 2.45) is 5.73 Å². The highest BCUT2D eigenvalue weighted by atomic mass is 32.2. The lowest BCUT2D eigenvalue weighted by Gasteiger charge is -1.92. The van der Waals surface area contributed by atoms with Gasteiger partial charge in [0.2, 0.25) is 5.91 Å². The lowest BCUT2D eigenvalue weighted by molar-refractivity contribution is -0.117. The van der Waals surface area contributed by atoms with E-state index in [1.807, 2.05) is 0 Å². The van der Waals surface area contributed by atoms with Crippen molar-refractivity contribution in [1.29, 1.82) is 0 Å². The molecule has 78 valence electrons. The van der Waals surface area contributed by atoms with E-state index in [1.54, 1.807) is 6.20 Å². The number of rotatable bonds is 4. The van der Waals surface area contributed by atoms with Crippen molar-refractivity contribution in [2.45, 2.75) is 17.9 Å². The van der Waals surface area contributed by atoms with Gasteiger partial charge in [0.05, 0.1) is 0 Å². The third-order valence-corrected chi connectivity index (χ3v) is 2.81. The second-order valence-corrected chi connectivity index (χ2v) is 5.09. The molecule has 0 bridgehead atoms. The maximum atomic E-state index is 11.1. The van der Waals surface area contributed by atoms with Gasteiger partial charge in [-0.3, -0.25) is 4.79 Å². The molecular formula is C8H12N2O3S.